The van der Waals surface area contributed by atoms with Gasteiger partial charge in [-0.3, -0.25) is 0 Å². The van der Waals surface area contributed by atoms with E-state index in [0.29, 0.717) is 34.4 Å². The highest BCUT2D eigenvalue weighted by Crippen LogP contribution is 2.31. The van der Waals surface area contributed by atoms with Crippen LogP contribution < -0.4 is 9.47 Å². The van der Waals surface area contributed by atoms with E-state index in [9.17, 15) is 4.79 Å². The van der Waals surface area contributed by atoms with Crippen molar-refractivity contribution >= 4 is 29.4 Å². The Morgan fingerprint density at radius 2 is 1.77 bits per heavy atom. The van der Waals surface area contributed by atoms with E-state index in [1.165, 1.54) is 0 Å². The summed E-state index contributed by atoms with van der Waals surface area (Å²) in [5.74, 6) is 0.666. The molecule has 0 saturated carbocycles. The summed E-state index contributed by atoms with van der Waals surface area (Å²) in [5.41, 5.74) is 3.46. The summed E-state index contributed by atoms with van der Waals surface area (Å²) in [6.07, 6.45) is 1.73. The Bertz CT molecular complexity index is 1120. The highest BCUT2D eigenvalue weighted by molar-refractivity contribution is 6.31. The van der Waals surface area contributed by atoms with Gasteiger partial charge < -0.3 is 14.3 Å². The summed E-state index contributed by atoms with van der Waals surface area (Å²) < 4.78 is 11.4. The van der Waals surface area contributed by atoms with Crippen molar-refractivity contribution in [2.24, 2.45) is 5.16 Å². The molecule has 0 saturated heterocycles. The molecule has 0 atom stereocenters. The fourth-order valence-corrected chi connectivity index (χ4v) is 3.14. The zero-order chi connectivity index (χ0) is 20.9. The molecule has 3 aromatic carbocycles. The molecule has 3 aromatic rings. The molecule has 30 heavy (non-hydrogen) atoms. The summed E-state index contributed by atoms with van der Waals surface area (Å²) in [6.45, 7) is 0.380. The third-order valence-corrected chi connectivity index (χ3v) is 4.80. The molecule has 0 radical (unpaired) electrons. The monoisotopic (exact) mass is 419 g/mol. The van der Waals surface area contributed by atoms with E-state index in [4.69, 9.17) is 25.9 Å². The maximum atomic E-state index is 12.2. The molecule has 1 aliphatic heterocycles. The van der Waals surface area contributed by atoms with E-state index in [1.54, 1.807) is 25.3 Å². The largest absolute Gasteiger partial charge is 0.493 e. The van der Waals surface area contributed by atoms with Crippen LogP contribution in [-0.4, -0.2) is 18.8 Å². The number of benzene rings is 3. The van der Waals surface area contributed by atoms with E-state index in [-0.39, 0.29) is 0 Å². The van der Waals surface area contributed by atoms with E-state index in [1.807, 2.05) is 60.7 Å². The Labute approximate surface area is 179 Å². The van der Waals surface area contributed by atoms with Gasteiger partial charge in [-0.15, -0.1) is 0 Å². The first-order chi connectivity index (χ1) is 14.6. The maximum Gasteiger partial charge on any atom is 0.368 e. The predicted molar refractivity (Wildman–Crippen MR) is 116 cm³/mol. The minimum Gasteiger partial charge on any atom is -0.493 e. The lowest BCUT2D eigenvalue weighted by Gasteiger charge is -2.12. The lowest BCUT2D eigenvalue weighted by molar-refractivity contribution is -0.136. The lowest BCUT2D eigenvalue weighted by Crippen LogP contribution is -2.06. The molecule has 0 aromatic heterocycles. The van der Waals surface area contributed by atoms with Gasteiger partial charge in [-0.05, 0) is 41.5 Å². The van der Waals surface area contributed by atoms with Crippen molar-refractivity contribution in [3.8, 4) is 11.5 Å². The van der Waals surface area contributed by atoms with E-state index < -0.39 is 5.97 Å². The Hall–Kier alpha value is -3.57. The quantitative estimate of drug-likeness (QED) is 0.403. The molecule has 5 nitrogen and oxygen atoms in total. The first-order valence-electron chi connectivity index (χ1n) is 9.26. The number of hydrogen-bond donors (Lipinski definition) is 0. The smallest absolute Gasteiger partial charge is 0.368 e. The van der Waals surface area contributed by atoms with Crippen LogP contribution in [-0.2, 0) is 16.2 Å². The van der Waals surface area contributed by atoms with Crippen molar-refractivity contribution < 1.29 is 19.1 Å². The van der Waals surface area contributed by atoms with Gasteiger partial charge in [0.2, 0.25) is 0 Å². The average Bonchev–Trinajstić information content (AvgIpc) is 3.14. The number of carbonyl (C=O) groups excluding carboxylic acids is 1. The van der Waals surface area contributed by atoms with Crippen molar-refractivity contribution in [1.82, 2.24) is 0 Å². The second kappa shape index (κ2) is 8.84. The standard InChI is InChI=1S/C24H18ClNO4/c1-28-22-14-17(9-12-21(22)29-15-16-7-10-19(25)11-8-16)13-20-23(26-30-24(20)27)18-5-3-2-4-6-18/h2-14H,15H2,1H3/b20-13+. The number of carbonyl (C=O) groups is 1. The van der Waals surface area contributed by atoms with Gasteiger partial charge in [0.15, 0.2) is 11.5 Å². The van der Waals surface area contributed by atoms with E-state index in [0.717, 1.165) is 16.7 Å². The molecular weight excluding hydrogens is 402 g/mol. The summed E-state index contributed by atoms with van der Waals surface area (Å²) >= 11 is 5.92. The van der Waals surface area contributed by atoms with Gasteiger partial charge in [-0.2, -0.15) is 0 Å². The fourth-order valence-electron chi connectivity index (χ4n) is 3.02. The third kappa shape index (κ3) is 4.36. The molecule has 150 valence electrons. The number of ether oxygens (including phenoxy) is 2. The van der Waals surface area contributed by atoms with Crippen LogP contribution in [0.4, 0.5) is 0 Å². The predicted octanol–water partition coefficient (Wildman–Crippen LogP) is 5.27. The van der Waals surface area contributed by atoms with Gasteiger partial charge in [0.05, 0.1) is 12.7 Å². The van der Waals surface area contributed by atoms with Crippen LogP contribution in [0.1, 0.15) is 16.7 Å². The summed E-state index contributed by atoms with van der Waals surface area (Å²) in [6, 6.07) is 22.3. The van der Waals surface area contributed by atoms with Crippen molar-refractivity contribution in [2.45, 2.75) is 6.61 Å². The Morgan fingerprint density at radius 1 is 1.00 bits per heavy atom. The Kier molecular flexibility index (Phi) is 5.82. The molecule has 0 N–H and O–H groups in total. The number of nitrogens with zero attached hydrogens (tertiary/aromatic N) is 1. The summed E-state index contributed by atoms with van der Waals surface area (Å²) in [4.78, 5) is 17.1. The third-order valence-electron chi connectivity index (χ3n) is 4.55. The minimum atomic E-state index is -0.490. The van der Waals surface area contributed by atoms with Crippen LogP contribution in [0.15, 0.2) is 83.5 Å². The van der Waals surface area contributed by atoms with Crippen LogP contribution in [0.2, 0.25) is 5.02 Å². The van der Waals surface area contributed by atoms with Crippen LogP contribution in [0.3, 0.4) is 0 Å². The molecule has 1 aliphatic rings. The normalized spacial score (nSPS) is 14.4. The van der Waals surface area contributed by atoms with Gasteiger partial charge in [0.1, 0.15) is 12.3 Å². The molecule has 0 amide bonds. The Morgan fingerprint density at radius 3 is 2.50 bits per heavy atom. The lowest BCUT2D eigenvalue weighted by atomic mass is 10.0. The van der Waals surface area contributed by atoms with Crippen molar-refractivity contribution in [2.75, 3.05) is 7.11 Å². The highest BCUT2D eigenvalue weighted by atomic mass is 35.5. The molecule has 1 heterocycles. The van der Waals surface area contributed by atoms with E-state index in [2.05, 4.69) is 5.16 Å². The van der Waals surface area contributed by atoms with Crippen LogP contribution >= 0.6 is 11.6 Å². The second-order valence-corrected chi connectivity index (χ2v) is 7.00. The molecule has 0 unspecified atom stereocenters. The highest BCUT2D eigenvalue weighted by Gasteiger charge is 2.26. The number of rotatable bonds is 6. The topological polar surface area (TPSA) is 57.1 Å². The number of hydrogen-bond acceptors (Lipinski definition) is 5. The Balaban J connectivity index is 1.57. The molecular formula is C24H18ClNO4. The molecule has 0 spiro atoms. The molecule has 0 aliphatic carbocycles. The van der Waals surface area contributed by atoms with Gasteiger partial charge in [-0.25, -0.2) is 4.79 Å². The fraction of sp³-hybridized carbons (Fsp3) is 0.0833. The van der Waals surface area contributed by atoms with Crippen molar-refractivity contribution in [3.63, 3.8) is 0 Å². The SMILES string of the molecule is COc1cc(/C=C2/C(=O)ON=C2c2ccccc2)ccc1OCc1ccc(Cl)cc1. The number of methoxy groups -OCH3 is 1. The van der Waals surface area contributed by atoms with Crippen LogP contribution in [0.5, 0.6) is 11.5 Å². The maximum absolute atomic E-state index is 12.2. The summed E-state index contributed by atoms with van der Waals surface area (Å²) in [5, 5.41) is 4.61. The first-order valence-corrected chi connectivity index (χ1v) is 9.64. The minimum absolute atomic E-state index is 0.380. The van der Waals surface area contributed by atoms with Gasteiger partial charge in [0.25, 0.3) is 0 Å². The first kappa shape index (κ1) is 19.7. The molecule has 0 bridgehead atoms. The van der Waals surface area contributed by atoms with Crippen molar-refractivity contribution in [1.29, 1.82) is 0 Å². The zero-order valence-corrected chi connectivity index (χ0v) is 16.9. The second-order valence-electron chi connectivity index (χ2n) is 6.57. The zero-order valence-electron chi connectivity index (χ0n) is 16.2. The molecule has 0 fully saturated rings. The average molecular weight is 420 g/mol. The van der Waals surface area contributed by atoms with Gasteiger partial charge in [0, 0.05) is 10.6 Å². The van der Waals surface area contributed by atoms with Gasteiger partial charge >= 0.3 is 5.97 Å². The molecule has 4 rings (SSSR count). The van der Waals surface area contributed by atoms with Crippen LogP contribution in [0.25, 0.3) is 6.08 Å². The summed E-state index contributed by atoms with van der Waals surface area (Å²) in [7, 11) is 1.57. The van der Waals surface area contributed by atoms with E-state index >= 15 is 0 Å². The van der Waals surface area contributed by atoms with Crippen LogP contribution in [0, 0.1) is 0 Å². The molecule has 6 heteroatoms. The van der Waals surface area contributed by atoms with Gasteiger partial charge in [-0.1, -0.05) is 65.3 Å². The number of halogens is 1. The number of oxime groups is 1. The van der Waals surface area contributed by atoms with Crippen molar-refractivity contribution in [3.05, 3.63) is 100 Å².